The Kier molecular flexibility index (Phi) is 6.16. The van der Waals surface area contributed by atoms with Gasteiger partial charge in [-0.2, -0.15) is 0 Å². The SMILES string of the molecule is COc1ccc(OC)c(C(C)NCc2ccc(Br)c([N+](=O)[O-])c2)c1. The molecule has 128 valence electrons. The molecule has 0 bridgehead atoms. The minimum absolute atomic E-state index is 0.0160. The Bertz CT molecular complexity index is 737. The van der Waals surface area contributed by atoms with Crippen LogP contribution in [0.15, 0.2) is 40.9 Å². The van der Waals surface area contributed by atoms with E-state index in [1.54, 1.807) is 26.4 Å². The number of rotatable bonds is 7. The molecule has 0 aliphatic carbocycles. The molecular weight excluding hydrogens is 376 g/mol. The number of nitrogens with one attached hydrogen (secondary N) is 1. The van der Waals surface area contributed by atoms with Gasteiger partial charge in [-0.15, -0.1) is 0 Å². The molecule has 0 amide bonds. The Morgan fingerprint density at radius 1 is 1.21 bits per heavy atom. The third-order valence-electron chi connectivity index (χ3n) is 3.72. The van der Waals surface area contributed by atoms with E-state index in [1.165, 1.54) is 0 Å². The van der Waals surface area contributed by atoms with Gasteiger partial charge in [-0.1, -0.05) is 6.07 Å². The predicted octanol–water partition coefficient (Wildman–Crippen LogP) is 4.23. The zero-order valence-electron chi connectivity index (χ0n) is 13.7. The number of nitrogens with zero attached hydrogens (tertiary/aromatic N) is 1. The summed E-state index contributed by atoms with van der Waals surface area (Å²) in [5.74, 6) is 1.51. The highest BCUT2D eigenvalue weighted by atomic mass is 79.9. The maximum absolute atomic E-state index is 11.0. The van der Waals surface area contributed by atoms with Gasteiger partial charge in [0.25, 0.3) is 5.69 Å². The lowest BCUT2D eigenvalue weighted by Crippen LogP contribution is -2.19. The second-order valence-electron chi connectivity index (χ2n) is 5.25. The van der Waals surface area contributed by atoms with E-state index in [0.717, 1.165) is 22.6 Å². The molecule has 7 heteroatoms. The van der Waals surface area contributed by atoms with Crippen molar-refractivity contribution in [2.24, 2.45) is 0 Å². The Morgan fingerprint density at radius 2 is 1.96 bits per heavy atom. The van der Waals surface area contributed by atoms with Crippen molar-refractivity contribution < 1.29 is 14.4 Å². The highest BCUT2D eigenvalue weighted by Gasteiger charge is 2.15. The summed E-state index contributed by atoms with van der Waals surface area (Å²) < 4.78 is 11.1. The first kappa shape index (κ1) is 18.2. The van der Waals surface area contributed by atoms with Crippen LogP contribution >= 0.6 is 15.9 Å². The molecule has 0 saturated heterocycles. The summed E-state index contributed by atoms with van der Waals surface area (Å²) in [5, 5.41) is 14.4. The van der Waals surface area contributed by atoms with Crippen molar-refractivity contribution >= 4 is 21.6 Å². The van der Waals surface area contributed by atoms with Crippen molar-refractivity contribution in [2.45, 2.75) is 19.5 Å². The van der Waals surface area contributed by atoms with Crippen LogP contribution < -0.4 is 14.8 Å². The summed E-state index contributed by atoms with van der Waals surface area (Å²) >= 11 is 3.19. The zero-order chi connectivity index (χ0) is 17.7. The minimum Gasteiger partial charge on any atom is -0.497 e. The Labute approximate surface area is 149 Å². The number of methoxy groups -OCH3 is 2. The molecule has 2 rings (SSSR count). The van der Waals surface area contributed by atoms with Crippen LogP contribution in [0.1, 0.15) is 24.1 Å². The van der Waals surface area contributed by atoms with Crippen LogP contribution in [0, 0.1) is 10.1 Å². The van der Waals surface area contributed by atoms with Crippen molar-refractivity contribution in [1.82, 2.24) is 5.32 Å². The largest absolute Gasteiger partial charge is 0.497 e. The van der Waals surface area contributed by atoms with E-state index >= 15 is 0 Å². The normalized spacial score (nSPS) is 11.8. The van der Waals surface area contributed by atoms with Gasteiger partial charge in [0, 0.05) is 24.2 Å². The molecule has 0 aromatic heterocycles. The highest BCUT2D eigenvalue weighted by Crippen LogP contribution is 2.30. The average molecular weight is 395 g/mol. The summed E-state index contributed by atoms with van der Waals surface area (Å²) in [6.45, 7) is 2.50. The van der Waals surface area contributed by atoms with Crippen molar-refractivity contribution in [3.8, 4) is 11.5 Å². The fraction of sp³-hybridized carbons (Fsp3) is 0.294. The van der Waals surface area contributed by atoms with Gasteiger partial charge in [0.2, 0.25) is 0 Å². The zero-order valence-corrected chi connectivity index (χ0v) is 15.3. The molecule has 0 spiro atoms. The van der Waals surface area contributed by atoms with Crippen molar-refractivity contribution in [2.75, 3.05) is 14.2 Å². The lowest BCUT2D eigenvalue weighted by molar-refractivity contribution is -0.385. The lowest BCUT2D eigenvalue weighted by Gasteiger charge is -2.18. The van der Waals surface area contributed by atoms with Gasteiger partial charge >= 0.3 is 0 Å². The van der Waals surface area contributed by atoms with E-state index < -0.39 is 4.92 Å². The number of halogens is 1. The van der Waals surface area contributed by atoms with Gasteiger partial charge in [-0.25, -0.2) is 0 Å². The topological polar surface area (TPSA) is 73.6 Å². The number of hydrogen-bond donors (Lipinski definition) is 1. The van der Waals surface area contributed by atoms with Crippen molar-refractivity contribution in [1.29, 1.82) is 0 Å². The molecule has 0 aliphatic rings. The molecule has 0 aliphatic heterocycles. The Balaban J connectivity index is 2.15. The molecule has 24 heavy (non-hydrogen) atoms. The average Bonchev–Trinajstić information content (AvgIpc) is 2.59. The summed E-state index contributed by atoms with van der Waals surface area (Å²) in [6, 6.07) is 10.7. The van der Waals surface area contributed by atoms with Crippen molar-refractivity contribution in [3.05, 3.63) is 62.1 Å². The molecule has 1 unspecified atom stereocenters. The molecule has 0 saturated carbocycles. The van der Waals surface area contributed by atoms with Crippen molar-refractivity contribution in [3.63, 3.8) is 0 Å². The third kappa shape index (κ3) is 4.24. The van der Waals surface area contributed by atoms with Crippen LogP contribution in [0.5, 0.6) is 11.5 Å². The number of hydrogen-bond acceptors (Lipinski definition) is 5. The predicted molar refractivity (Wildman–Crippen MR) is 95.6 cm³/mol. The van der Waals surface area contributed by atoms with Gasteiger partial charge in [0.15, 0.2) is 0 Å². The summed E-state index contributed by atoms with van der Waals surface area (Å²) in [6.07, 6.45) is 0. The van der Waals surface area contributed by atoms with Gasteiger partial charge in [0.1, 0.15) is 11.5 Å². The number of benzene rings is 2. The maximum Gasteiger partial charge on any atom is 0.283 e. The molecule has 2 aromatic carbocycles. The second-order valence-corrected chi connectivity index (χ2v) is 6.11. The third-order valence-corrected chi connectivity index (χ3v) is 4.39. The first-order valence-corrected chi connectivity index (χ1v) is 8.13. The van der Waals surface area contributed by atoms with Gasteiger partial charge in [0.05, 0.1) is 23.6 Å². The van der Waals surface area contributed by atoms with Crippen LogP contribution in [-0.2, 0) is 6.54 Å². The first-order valence-electron chi connectivity index (χ1n) is 7.34. The molecule has 0 heterocycles. The van der Waals surface area contributed by atoms with Crippen LogP contribution in [0.4, 0.5) is 5.69 Å². The smallest absolute Gasteiger partial charge is 0.283 e. The Hall–Kier alpha value is -2.12. The minimum atomic E-state index is -0.401. The highest BCUT2D eigenvalue weighted by molar-refractivity contribution is 9.10. The lowest BCUT2D eigenvalue weighted by atomic mass is 10.1. The molecule has 0 radical (unpaired) electrons. The summed E-state index contributed by atoms with van der Waals surface area (Å²) in [5.41, 5.74) is 1.85. The monoisotopic (exact) mass is 394 g/mol. The van der Waals surface area contributed by atoms with Crippen LogP contribution in [0.25, 0.3) is 0 Å². The number of ether oxygens (including phenoxy) is 2. The maximum atomic E-state index is 11.0. The fourth-order valence-corrected chi connectivity index (χ4v) is 2.76. The fourth-order valence-electron chi connectivity index (χ4n) is 2.37. The van der Waals surface area contributed by atoms with Gasteiger partial charge < -0.3 is 14.8 Å². The van der Waals surface area contributed by atoms with E-state index in [2.05, 4.69) is 21.2 Å². The van der Waals surface area contributed by atoms with Crippen LogP contribution in [0.3, 0.4) is 0 Å². The quantitative estimate of drug-likeness (QED) is 0.561. The van der Waals surface area contributed by atoms with Crippen LogP contribution in [0.2, 0.25) is 0 Å². The van der Waals surface area contributed by atoms with Gasteiger partial charge in [-0.05, 0) is 52.7 Å². The second kappa shape index (κ2) is 8.12. The van der Waals surface area contributed by atoms with E-state index in [0.29, 0.717) is 11.0 Å². The Morgan fingerprint density at radius 3 is 2.58 bits per heavy atom. The van der Waals surface area contributed by atoms with E-state index in [-0.39, 0.29) is 11.7 Å². The molecule has 2 aromatic rings. The molecular formula is C17H19BrN2O4. The standard InChI is InChI=1S/C17H19BrN2O4/c1-11(14-9-13(23-2)5-7-17(14)24-3)19-10-12-4-6-15(18)16(8-12)20(21)22/h4-9,11,19H,10H2,1-3H3. The number of nitro groups is 1. The molecule has 1 atom stereocenters. The van der Waals surface area contributed by atoms with E-state index in [9.17, 15) is 10.1 Å². The van der Waals surface area contributed by atoms with Crippen LogP contribution in [-0.4, -0.2) is 19.1 Å². The molecule has 6 nitrogen and oxygen atoms in total. The van der Waals surface area contributed by atoms with E-state index in [4.69, 9.17) is 9.47 Å². The summed E-state index contributed by atoms with van der Waals surface area (Å²) in [4.78, 5) is 10.6. The molecule has 1 N–H and O–H groups in total. The summed E-state index contributed by atoms with van der Waals surface area (Å²) in [7, 11) is 3.24. The first-order chi connectivity index (χ1) is 11.5. The molecule has 0 fully saturated rings. The van der Waals surface area contributed by atoms with E-state index in [1.807, 2.05) is 31.2 Å². The number of nitro benzene ring substituents is 1. The van der Waals surface area contributed by atoms with Gasteiger partial charge in [-0.3, -0.25) is 10.1 Å².